The number of amides is 3. The molecule has 3 amide bonds. The van der Waals surface area contributed by atoms with Gasteiger partial charge in [-0.1, -0.05) is 88.7 Å². The monoisotopic (exact) mass is 663 g/mol. The van der Waals surface area contributed by atoms with Gasteiger partial charge in [-0.05, 0) is 38.3 Å². The van der Waals surface area contributed by atoms with Gasteiger partial charge in [0.1, 0.15) is 11.6 Å². The highest BCUT2D eigenvalue weighted by molar-refractivity contribution is 9.09. The smallest absolute Gasteiger partial charge is 0.249 e. The Bertz CT molecular complexity index is 1400. The molecular weight excluding hydrogens is 622 g/mol. The van der Waals surface area contributed by atoms with Gasteiger partial charge in [0.2, 0.25) is 17.7 Å². The summed E-state index contributed by atoms with van der Waals surface area (Å²) in [5.74, 6) is -2.56. The van der Waals surface area contributed by atoms with Crippen molar-refractivity contribution in [3.05, 3.63) is 97.1 Å². The van der Waals surface area contributed by atoms with Gasteiger partial charge in [0.25, 0.3) is 0 Å². The van der Waals surface area contributed by atoms with Gasteiger partial charge in [0.15, 0.2) is 0 Å². The Morgan fingerprint density at radius 1 is 1.07 bits per heavy atom. The summed E-state index contributed by atoms with van der Waals surface area (Å²) in [6.45, 7) is 14.1. The van der Waals surface area contributed by atoms with E-state index in [-0.39, 0.29) is 29.1 Å². The third-order valence-corrected chi connectivity index (χ3v) is 10.0. The van der Waals surface area contributed by atoms with Crippen molar-refractivity contribution in [3.63, 3.8) is 0 Å². The molecule has 3 aliphatic rings. The average molecular weight is 665 g/mol. The highest BCUT2D eigenvalue weighted by Gasteiger charge is 2.77. The van der Waals surface area contributed by atoms with Crippen LogP contribution in [0.2, 0.25) is 0 Å². The predicted molar refractivity (Wildman–Crippen MR) is 173 cm³/mol. The van der Waals surface area contributed by atoms with Gasteiger partial charge in [-0.2, -0.15) is 0 Å². The molecule has 44 heavy (non-hydrogen) atoms. The summed E-state index contributed by atoms with van der Waals surface area (Å²) in [6.07, 6.45) is 3.13. The van der Waals surface area contributed by atoms with E-state index in [1.165, 1.54) is 4.90 Å². The Balaban J connectivity index is 1.62. The lowest BCUT2D eigenvalue weighted by Gasteiger charge is -2.43. The zero-order valence-corrected chi connectivity index (χ0v) is 27.2. The van der Waals surface area contributed by atoms with Gasteiger partial charge in [0.05, 0.1) is 30.6 Å². The van der Waals surface area contributed by atoms with E-state index in [2.05, 4.69) is 29.1 Å². The van der Waals surface area contributed by atoms with Gasteiger partial charge in [0, 0.05) is 30.0 Å². The number of benzene rings is 2. The fourth-order valence-electron chi connectivity index (χ4n) is 7.37. The zero-order chi connectivity index (χ0) is 31.8. The molecule has 0 saturated carbocycles. The van der Waals surface area contributed by atoms with Crippen LogP contribution in [0, 0.1) is 11.8 Å². The van der Waals surface area contributed by atoms with Crippen LogP contribution in [0.15, 0.2) is 86.0 Å². The lowest BCUT2D eigenvalue weighted by atomic mass is 9.70. The van der Waals surface area contributed by atoms with Crippen LogP contribution in [0.4, 0.5) is 0 Å². The van der Waals surface area contributed by atoms with Gasteiger partial charge in [-0.3, -0.25) is 14.4 Å². The molecule has 0 aromatic heterocycles. The maximum Gasteiger partial charge on any atom is 0.249 e. The Morgan fingerprint density at radius 2 is 1.68 bits per heavy atom. The molecule has 3 fully saturated rings. The molecule has 0 radical (unpaired) electrons. The number of hydrogen-bond donors (Lipinski definition) is 1. The van der Waals surface area contributed by atoms with Crippen LogP contribution in [0.25, 0.3) is 0 Å². The number of rotatable bonds is 11. The van der Waals surface area contributed by atoms with Gasteiger partial charge >= 0.3 is 0 Å². The van der Waals surface area contributed by atoms with E-state index in [0.29, 0.717) is 25.1 Å². The number of alkyl halides is 1. The van der Waals surface area contributed by atoms with Crippen LogP contribution in [-0.2, 0) is 25.7 Å². The lowest BCUT2D eigenvalue weighted by Crippen LogP contribution is -2.60. The van der Waals surface area contributed by atoms with Crippen LogP contribution in [0.3, 0.4) is 0 Å². The quantitative estimate of drug-likeness (QED) is 0.283. The third kappa shape index (κ3) is 5.43. The molecule has 0 aliphatic carbocycles. The summed E-state index contributed by atoms with van der Waals surface area (Å²) in [7, 11) is 0. The lowest BCUT2D eigenvalue weighted by molar-refractivity contribution is -0.155. The molecule has 8 nitrogen and oxygen atoms in total. The molecule has 1 spiro atoms. The Hall–Kier alpha value is -3.27. The number of aliphatic hydroxyl groups excluding tert-OH is 1. The molecule has 2 aromatic carbocycles. The van der Waals surface area contributed by atoms with Crippen molar-refractivity contribution in [1.82, 2.24) is 14.7 Å². The third-order valence-electron chi connectivity index (χ3n) is 9.20. The van der Waals surface area contributed by atoms with Gasteiger partial charge < -0.3 is 24.5 Å². The Morgan fingerprint density at radius 3 is 2.25 bits per heavy atom. The summed E-state index contributed by atoms with van der Waals surface area (Å²) in [6, 6.07) is 17.1. The molecule has 9 heteroatoms. The Kier molecular flexibility index (Phi) is 9.21. The highest BCUT2D eigenvalue weighted by atomic mass is 79.9. The van der Waals surface area contributed by atoms with E-state index >= 15 is 0 Å². The Labute approximate surface area is 268 Å². The normalized spacial score (nSPS) is 28.0. The molecule has 1 N–H and O–H groups in total. The second kappa shape index (κ2) is 12.6. The number of likely N-dealkylation sites (tertiary alicyclic amines) is 1. The molecule has 3 unspecified atom stereocenters. The first-order valence-corrected chi connectivity index (χ1v) is 16.1. The van der Waals surface area contributed by atoms with Gasteiger partial charge in [-0.25, -0.2) is 0 Å². The summed E-state index contributed by atoms with van der Waals surface area (Å²) in [5.41, 5.74) is -0.188. The van der Waals surface area contributed by atoms with Crippen molar-refractivity contribution < 1.29 is 24.2 Å². The van der Waals surface area contributed by atoms with Crippen LogP contribution < -0.4 is 0 Å². The molecule has 5 rings (SSSR count). The van der Waals surface area contributed by atoms with Crippen molar-refractivity contribution >= 4 is 33.7 Å². The minimum Gasteiger partial charge on any atom is -0.394 e. The van der Waals surface area contributed by atoms with Crippen LogP contribution in [-0.4, -0.2) is 85.3 Å². The van der Waals surface area contributed by atoms with E-state index in [1.807, 2.05) is 81.4 Å². The highest BCUT2D eigenvalue weighted by Crippen LogP contribution is 2.61. The summed E-state index contributed by atoms with van der Waals surface area (Å²) >= 11 is 3.78. The number of carbonyl (C=O) groups excluding carboxylic acids is 3. The summed E-state index contributed by atoms with van der Waals surface area (Å²) in [4.78, 5) is 48.7. The maximum atomic E-state index is 14.8. The number of ether oxygens (including phenoxy) is 1. The van der Waals surface area contributed by atoms with E-state index in [1.54, 1.807) is 22.0 Å². The van der Waals surface area contributed by atoms with Crippen molar-refractivity contribution in [2.75, 3.05) is 19.7 Å². The molecule has 2 bridgehead atoms. The first-order chi connectivity index (χ1) is 21.0. The van der Waals surface area contributed by atoms with Gasteiger partial charge in [-0.15, -0.1) is 13.2 Å². The topological polar surface area (TPSA) is 90.4 Å². The minimum absolute atomic E-state index is 0.213. The van der Waals surface area contributed by atoms with Crippen LogP contribution >= 0.6 is 15.9 Å². The number of halogens is 1. The summed E-state index contributed by atoms with van der Waals surface area (Å²) < 4.78 is 6.78. The second-order valence-corrected chi connectivity index (χ2v) is 14.1. The largest absolute Gasteiger partial charge is 0.394 e. The fraction of sp³-hybridized carbons (Fsp3) is 0.457. The molecule has 3 saturated heterocycles. The van der Waals surface area contributed by atoms with E-state index in [4.69, 9.17) is 4.74 Å². The molecule has 2 aromatic rings. The molecule has 234 valence electrons. The van der Waals surface area contributed by atoms with Crippen molar-refractivity contribution in [2.24, 2.45) is 11.8 Å². The molecular formula is C35H42BrN3O5. The summed E-state index contributed by atoms with van der Waals surface area (Å²) in [5, 5.41) is 10.8. The van der Waals surface area contributed by atoms with Crippen LogP contribution in [0.1, 0.15) is 44.4 Å². The number of aliphatic hydroxyl groups is 1. The number of carbonyl (C=O) groups is 3. The second-order valence-electron chi connectivity index (χ2n) is 12.9. The molecule has 7 atom stereocenters. The molecule has 3 aliphatic heterocycles. The number of nitrogens with zero attached hydrogens (tertiary/aromatic N) is 3. The average Bonchev–Trinajstić information content (AvgIpc) is 3.59. The number of hydrogen-bond acceptors (Lipinski definition) is 5. The molecule has 3 heterocycles. The van der Waals surface area contributed by atoms with Crippen LogP contribution in [0.5, 0.6) is 0 Å². The van der Waals surface area contributed by atoms with E-state index < -0.39 is 47.8 Å². The van der Waals surface area contributed by atoms with E-state index in [9.17, 15) is 19.5 Å². The number of fused-ring (bicyclic) bond motifs is 1. The first-order valence-electron chi connectivity index (χ1n) is 15.2. The minimum atomic E-state index is -1.26. The van der Waals surface area contributed by atoms with E-state index in [0.717, 1.165) is 5.56 Å². The predicted octanol–water partition coefficient (Wildman–Crippen LogP) is 4.50. The maximum absolute atomic E-state index is 14.8. The first kappa shape index (κ1) is 32.1. The SMILES string of the molecule is C=CCN(Cc1ccccc1)C(=O)[C@H]1[C@H]2C(=O)N([C@H](CO)c3ccccc3)C(C(=O)N(CC=C)C(C)(C)C)C23CC(Br)[C@@H]1O3. The van der Waals surface area contributed by atoms with Crippen molar-refractivity contribution in [1.29, 1.82) is 0 Å². The fourth-order valence-corrected chi connectivity index (χ4v) is 8.31. The standard InChI is InChI=1S/C35H42BrN3O5/c1-6-18-37(21-23-14-10-8-11-15-23)31(41)27-28-32(42)39(26(22-40)24-16-12-9-13-17-24)30(35(28)20-25(36)29(27)44-35)33(43)38(19-7-2)34(3,4)5/h6-17,25-30,40H,1-2,18-22H2,3-5H3/t25?,26-,27+,28+,29+,30?,35?/m1/s1. The zero-order valence-electron chi connectivity index (χ0n) is 25.6. The van der Waals surface area contributed by atoms with Crippen molar-refractivity contribution in [3.8, 4) is 0 Å². The van der Waals surface area contributed by atoms with Crippen molar-refractivity contribution in [2.45, 2.75) is 67.9 Å².